The molecule has 0 saturated carbocycles. The highest BCUT2D eigenvalue weighted by Crippen LogP contribution is 2.36. The molecule has 1 atom stereocenters. The Morgan fingerprint density at radius 2 is 1.82 bits per heavy atom. The first-order valence-electron chi connectivity index (χ1n) is 3.99. The van der Waals surface area contributed by atoms with Gasteiger partial charge in [-0.05, 0) is 0 Å². The van der Waals surface area contributed by atoms with Crippen molar-refractivity contribution in [2.75, 3.05) is 6.54 Å². The van der Waals surface area contributed by atoms with Crippen molar-refractivity contribution in [1.82, 2.24) is 0 Å². The molecular weight excluding hydrogens is 140 g/mol. The van der Waals surface area contributed by atoms with Crippen molar-refractivity contribution >= 4 is 0 Å². The summed E-state index contributed by atoms with van der Waals surface area (Å²) in [7, 11) is 0. The average Bonchev–Trinajstić information content (AvgIpc) is 1.94. The van der Waals surface area contributed by atoms with Crippen LogP contribution in [0.1, 0.15) is 27.7 Å². The van der Waals surface area contributed by atoms with E-state index in [4.69, 9.17) is 5.73 Å². The molecule has 1 saturated heterocycles. The van der Waals surface area contributed by atoms with Crippen molar-refractivity contribution in [2.24, 2.45) is 11.1 Å². The molecule has 0 aliphatic carbocycles. The Morgan fingerprint density at radius 1 is 1.36 bits per heavy atom. The van der Waals surface area contributed by atoms with Crippen LogP contribution in [-0.4, -0.2) is 22.9 Å². The molecule has 1 aliphatic rings. The summed E-state index contributed by atoms with van der Waals surface area (Å²) in [5.74, 6) is 0. The molecule has 0 aromatic carbocycles. The Bertz CT molecular complexity index is 196. The minimum atomic E-state index is -0.399. The van der Waals surface area contributed by atoms with Gasteiger partial charge in [-0.1, -0.05) is 13.8 Å². The standard InChI is InChI=1S/C8H17N2O/c1-7(2)5-10(11)8(3,4)6(7)9/h6H,5,9H2,1-4H3/q+1/t6-/m1/s1. The zero-order valence-electron chi connectivity index (χ0n) is 7.72. The van der Waals surface area contributed by atoms with E-state index in [2.05, 4.69) is 0 Å². The Morgan fingerprint density at radius 3 is 1.91 bits per heavy atom. The van der Waals surface area contributed by atoms with Crippen molar-refractivity contribution < 1.29 is 4.76 Å². The molecule has 3 heteroatoms. The Labute approximate surface area is 67.5 Å². The van der Waals surface area contributed by atoms with E-state index < -0.39 is 5.54 Å². The molecule has 2 N–H and O–H groups in total. The van der Waals surface area contributed by atoms with Crippen molar-refractivity contribution in [3.8, 4) is 0 Å². The lowest BCUT2D eigenvalue weighted by Gasteiger charge is -2.22. The van der Waals surface area contributed by atoms with Crippen LogP contribution in [0.3, 0.4) is 0 Å². The van der Waals surface area contributed by atoms with E-state index in [-0.39, 0.29) is 11.5 Å². The number of nitrogens with two attached hydrogens (primary N) is 1. The van der Waals surface area contributed by atoms with Gasteiger partial charge in [-0.15, -0.1) is 0 Å². The number of nitroso groups, excluding NO2 is 1. The van der Waals surface area contributed by atoms with Gasteiger partial charge in [-0.2, -0.15) is 0 Å². The molecular formula is C8H17N2O+. The minimum absolute atomic E-state index is 0.0347. The maximum atomic E-state index is 11.4. The molecule has 0 radical (unpaired) electrons. The predicted octanol–water partition coefficient (Wildman–Crippen LogP) is 0.911. The molecule has 1 fully saturated rings. The second-order valence-electron chi connectivity index (χ2n) is 4.66. The third kappa shape index (κ3) is 1.07. The normalized spacial score (nSPS) is 34.3. The predicted molar refractivity (Wildman–Crippen MR) is 44.3 cm³/mol. The van der Waals surface area contributed by atoms with Gasteiger partial charge in [-0.3, -0.25) is 0 Å². The molecule has 0 bridgehead atoms. The van der Waals surface area contributed by atoms with Gasteiger partial charge in [0.1, 0.15) is 0 Å². The molecule has 0 unspecified atom stereocenters. The van der Waals surface area contributed by atoms with E-state index in [0.29, 0.717) is 6.54 Å². The van der Waals surface area contributed by atoms with Gasteiger partial charge >= 0.3 is 0 Å². The highest BCUT2D eigenvalue weighted by molar-refractivity contribution is 4.97. The molecule has 0 amide bonds. The quantitative estimate of drug-likeness (QED) is 0.531. The summed E-state index contributed by atoms with van der Waals surface area (Å²) in [4.78, 5) is 11.4. The second-order valence-corrected chi connectivity index (χ2v) is 4.66. The minimum Gasteiger partial charge on any atom is -0.321 e. The molecule has 0 spiro atoms. The van der Waals surface area contributed by atoms with Gasteiger partial charge < -0.3 is 5.73 Å². The summed E-state index contributed by atoms with van der Waals surface area (Å²) >= 11 is 0. The highest BCUT2D eigenvalue weighted by Gasteiger charge is 2.58. The van der Waals surface area contributed by atoms with Crippen LogP contribution in [0, 0.1) is 10.3 Å². The fraction of sp³-hybridized carbons (Fsp3) is 1.00. The van der Waals surface area contributed by atoms with Gasteiger partial charge in [0.05, 0.1) is 6.04 Å². The maximum Gasteiger partial charge on any atom is 0.220 e. The number of nitrogens with zero attached hydrogens (tertiary/aromatic N) is 1. The summed E-state index contributed by atoms with van der Waals surface area (Å²) in [5.41, 5.74) is 5.49. The van der Waals surface area contributed by atoms with E-state index in [1.54, 1.807) is 0 Å². The van der Waals surface area contributed by atoms with Crippen molar-refractivity contribution in [3.05, 3.63) is 4.91 Å². The summed E-state index contributed by atoms with van der Waals surface area (Å²) in [5, 5.41) is 0. The Hall–Kier alpha value is -0.440. The molecule has 64 valence electrons. The van der Waals surface area contributed by atoms with Crippen LogP contribution in [0.5, 0.6) is 0 Å². The summed E-state index contributed by atoms with van der Waals surface area (Å²) < 4.78 is 1.09. The zero-order valence-corrected chi connectivity index (χ0v) is 7.72. The van der Waals surface area contributed by atoms with Gasteiger partial charge in [0.25, 0.3) is 0 Å². The second kappa shape index (κ2) is 2.03. The fourth-order valence-electron chi connectivity index (χ4n) is 1.78. The number of rotatable bonds is 0. The third-order valence-corrected chi connectivity index (χ3v) is 2.80. The first kappa shape index (κ1) is 8.65. The van der Waals surface area contributed by atoms with Gasteiger partial charge in [-0.25, -0.2) is 0 Å². The topological polar surface area (TPSA) is 46.1 Å². The first-order valence-corrected chi connectivity index (χ1v) is 3.99. The SMILES string of the molecule is CC1(C)C[N+](=O)C(C)(C)[C@@H]1N. The zero-order chi connectivity index (χ0) is 8.86. The highest BCUT2D eigenvalue weighted by atomic mass is 16.3. The van der Waals surface area contributed by atoms with E-state index in [9.17, 15) is 4.91 Å². The van der Waals surface area contributed by atoms with Gasteiger partial charge in [0.2, 0.25) is 5.54 Å². The van der Waals surface area contributed by atoms with Crippen molar-refractivity contribution in [2.45, 2.75) is 39.3 Å². The van der Waals surface area contributed by atoms with Crippen LogP contribution in [0.15, 0.2) is 0 Å². The van der Waals surface area contributed by atoms with Crippen molar-refractivity contribution in [3.63, 3.8) is 0 Å². The largest absolute Gasteiger partial charge is 0.321 e. The van der Waals surface area contributed by atoms with Crippen molar-refractivity contribution in [1.29, 1.82) is 0 Å². The molecule has 0 aromatic rings. The number of hydrogen-bond donors (Lipinski definition) is 1. The van der Waals surface area contributed by atoms with E-state index in [0.717, 1.165) is 4.76 Å². The monoisotopic (exact) mass is 157 g/mol. The molecule has 1 rings (SSSR count). The lowest BCUT2D eigenvalue weighted by molar-refractivity contribution is -0.602. The molecule has 11 heavy (non-hydrogen) atoms. The molecule has 3 nitrogen and oxygen atoms in total. The summed E-state index contributed by atoms with van der Waals surface area (Å²) in [6.07, 6.45) is 0. The Balaban J connectivity index is 2.98. The lowest BCUT2D eigenvalue weighted by Crippen LogP contribution is -2.48. The van der Waals surface area contributed by atoms with Gasteiger partial charge in [0.15, 0.2) is 6.54 Å². The summed E-state index contributed by atoms with van der Waals surface area (Å²) in [6.45, 7) is 8.43. The molecule has 1 aliphatic heterocycles. The van der Waals surface area contributed by atoms with Crippen LogP contribution in [0.2, 0.25) is 0 Å². The molecule has 0 aromatic heterocycles. The third-order valence-electron chi connectivity index (χ3n) is 2.80. The lowest BCUT2D eigenvalue weighted by atomic mass is 9.81. The maximum absolute atomic E-state index is 11.4. The average molecular weight is 157 g/mol. The van der Waals surface area contributed by atoms with Crippen LogP contribution in [-0.2, 0) is 0 Å². The molecule has 1 heterocycles. The van der Waals surface area contributed by atoms with Crippen LogP contribution in [0.4, 0.5) is 0 Å². The smallest absolute Gasteiger partial charge is 0.220 e. The van der Waals surface area contributed by atoms with Crippen LogP contribution < -0.4 is 5.73 Å². The van der Waals surface area contributed by atoms with Crippen LogP contribution >= 0.6 is 0 Å². The Kier molecular flexibility index (Phi) is 1.60. The first-order chi connectivity index (χ1) is 4.78. The van der Waals surface area contributed by atoms with E-state index >= 15 is 0 Å². The fourth-order valence-corrected chi connectivity index (χ4v) is 1.78. The van der Waals surface area contributed by atoms with Gasteiger partial charge in [0, 0.05) is 28.9 Å². The number of hydrogen-bond acceptors (Lipinski definition) is 2. The summed E-state index contributed by atoms with van der Waals surface area (Å²) in [6, 6.07) is -0.0347. The van der Waals surface area contributed by atoms with Crippen LogP contribution in [0.25, 0.3) is 0 Å². The van der Waals surface area contributed by atoms with E-state index in [1.165, 1.54) is 0 Å². The van der Waals surface area contributed by atoms with E-state index in [1.807, 2.05) is 27.7 Å².